The van der Waals surface area contributed by atoms with Crippen LogP contribution in [0.25, 0.3) is 0 Å². The fourth-order valence-corrected chi connectivity index (χ4v) is 2.91. The summed E-state index contributed by atoms with van der Waals surface area (Å²) in [5.41, 5.74) is -0.755. The Hall–Kier alpha value is -0.0551. The molecule has 1 atom stereocenters. The van der Waals surface area contributed by atoms with Crippen LogP contribution < -0.4 is 0 Å². The minimum absolute atomic E-state index is 0.218. The summed E-state index contributed by atoms with van der Waals surface area (Å²) in [6.45, 7) is 11.5. The summed E-state index contributed by atoms with van der Waals surface area (Å²) < 4.78 is 18.7. The Labute approximate surface area is 118 Å². The highest BCUT2D eigenvalue weighted by Gasteiger charge is 2.60. The van der Waals surface area contributed by atoms with Gasteiger partial charge in [-0.2, -0.15) is 0 Å². The average Bonchev–Trinajstić information content (AvgIpc) is 2.58. The van der Waals surface area contributed by atoms with E-state index >= 15 is 0 Å². The molecule has 0 aliphatic carbocycles. The van der Waals surface area contributed by atoms with E-state index in [1.165, 1.54) is 19.3 Å². The molecule has 0 spiro atoms. The van der Waals surface area contributed by atoms with Crippen molar-refractivity contribution in [3.05, 3.63) is 0 Å². The molecule has 0 N–H and O–H groups in total. The molecule has 2 heterocycles. The maximum Gasteiger partial charge on any atom is 0.492 e. The summed E-state index contributed by atoms with van der Waals surface area (Å²) in [5, 5.41) is 0. The summed E-state index contributed by atoms with van der Waals surface area (Å²) in [5.74, 6) is 0. The first kappa shape index (κ1) is 15.3. The quantitative estimate of drug-likeness (QED) is 0.727. The number of hydrogen-bond acceptors (Lipinski definition) is 3. The smallest absolute Gasteiger partial charge is 0.401 e. The highest BCUT2D eigenvalue weighted by atomic mass is 16.7. The lowest BCUT2D eigenvalue weighted by atomic mass is 9.61. The molecule has 4 heteroatoms. The molecule has 110 valence electrons. The number of ether oxygens (including phenoxy) is 1. The van der Waals surface area contributed by atoms with Crippen LogP contribution in [0.3, 0.4) is 0 Å². The predicted octanol–water partition coefficient (Wildman–Crippen LogP) is 3.75. The zero-order valence-corrected chi connectivity index (χ0v) is 13.3. The third-order valence-electron chi connectivity index (χ3n) is 5.02. The summed E-state index contributed by atoms with van der Waals surface area (Å²) in [6.07, 6.45) is 6.83. The van der Waals surface area contributed by atoms with Crippen molar-refractivity contribution in [3.8, 4) is 0 Å². The van der Waals surface area contributed by atoms with Gasteiger partial charge >= 0.3 is 7.12 Å². The third kappa shape index (κ3) is 2.86. The molecule has 0 aromatic heterocycles. The van der Waals surface area contributed by atoms with Gasteiger partial charge in [-0.25, -0.2) is 0 Å². The summed E-state index contributed by atoms with van der Waals surface area (Å²) in [7, 11) is -0.218. The van der Waals surface area contributed by atoms with Crippen LogP contribution >= 0.6 is 0 Å². The van der Waals surface area contributed by atoms with Gasteiger partial charge in [-0.3, -0.25) is 0 Å². The van der Waals surface area contributed by atoms with Gasteiger partial charge in [0.05, 0.1) is 11.2 Å². The second-order valence-corrected chi connectivity index (χ2v) is 7.06. The molecule has 0 radical (unpaired) electrons. The van der Waals surface area contributed by atoms with E-state index in [4.69, 9.17) is 14.0 Å². The van der Waals surface area contributed by atoms with Gasteiger partial charge in [-0.1, -0.05) is 19.8 Å². The molecule has 0 unspecified atom stereocenters. The van der Waals surface area contributed by atoms with Crippen molar-refractivity contribution in [2.45, 2.75) is 89.8 Å². The molecule has 0 amide bonds. The minimum atomic E-state index is -0.266. The van der Waals surface area contributed by atoms with Crippen molar-refractivity contribution < 1.29 is 14.0 Å². The van der Waals surface area contributed by atoms with Gasteiger partial charge in [0.15, 0.2) is 0 Å². The third-order valence-corrected chi connectivity index (χ3v) is 5.02. The van der Waals surface area contributed by atoms with Gasteiger partial charge < -0.3 is 14.0 Å². The van der Waals surface area contributed by atoms with Crippen LogP contribution in [0.15, 0.2) is 0 Å². The second-order valence-electron chi connectivity index (χ2n) is 7.06. The zero-order chi connectivity index (χ0) is 14.1. The van der Waals surface area contributed by atoms with Gasteiger partial charge in [0.2, 0.25) is 0 Å². The molecule has 0 aromatic carbocycles. The van der Waals surface area contributed by atoms with Crippen LogP contribution in [0, 0.1) is 0 Å². The number of rotatable bonds is 4. The Morgan fingerprint density at radius 1 is 1.00 bits per heavy atom. The first-order chi connectivity index (χ1) is 8.83. The Morgan fingerprint density at radius 3 is 2.11 bits per heavy atom. The molecule has 0 aromatic rings. The van der Waals surface area contributed by atoms with Gasteiger partial charge in [-0.15, -0.1) is 0 Å². The van der Waals surface area contributed by atoms with Gasteiger partial charge in [0.1, 0.15) is 5.50 Å². The normalized spacial score (nSPS) is 33.6. The van der Waals surface area contributed by atoms with Crippen LogP contribution in [-0.2, 0) is 14.0 Å². The van der Waals surface area contributed by atoms with E-state index < -0.39 is 0 Å². The van der Waals surface area contributed by atoms with Crippen LogP contribution in [0.5, 0.6) is 0 Å². The maximum absolute atomic E-state index is 6.26. The van der Waals surface area contributed by atoms with E-state index in [-0.39, 0.29) is 23.8 Å². The molecule has 2 aliphatic heterocycles. The fraction of sp³-hybridized carbons (Fsp3) is 1.00. The number of hydrogen-bond donors (Lipinski definition) is 0. The Balaban J connectivity index is 2.16. The van der Waals surface area contributed by atoms with Crippen molar-refractivity contribution in [3.63, 3.8) is 0 Å². The Morgan fingerprint density at radius 2 is 1.63 bits per heavy atom. The molecule has 2 aliphatic rings. The molecular formula is C15H29BO3. The maximum atomic E-state index is 6.26. The van der Waals surface area contributed by atoms with Crippen molar-refractivity contribution in [2.24, 2.45) is 0 Å². The van der Waals surface area contributed by atoms with Crippen LogP contribution in [0.1, 0.15) is 73.1 Å². The van der Waals surface area contributed by atoms with E-state index in [1.54, 1.807) is 0 Å². The average molecular weight is 268 g/mol. The Kier molecular flexibility index (Phi) is 4.34. The molecule has 3 nitrogen and oxygen atoms in total. The van der Waals surface area contributed by atoms with Crippen molar-refractivity contribution >= 4 is 7.12 Å². The molecule has 19 heavy (non-hydrogen) atoms. The molecule has 2 saturated heterocycles. The van der Waals surface area contributed by atoms with Gasteiger partial charge in [-0.05, 0) is 53.4 Å². The van der Waals surface area contributed by atoms with E-state index in [0.29, 0.717) is 0 Å². The monoisotopic (exact) mass is 268 g/mol. The lowest BCUT2D eigenvalue weighted by molar-refractivity contribution is -0.0514. The van der Waals surface area contributed by atoms with Gasteiger partial charge in [0.25, 0.3) is 0 Å². The van der Waals surface area contributed by atoms with E-state index in [1.807, 2.05) is 0 Å². The largest absolute Gasteiger partial charge is 0.492 e. The first-order valence-corrected chi connectivity index (χ1v) is 7.83. The van der Waals surface area contributed by atoms with Crippen molar-refractivity contribution in [2.75, 3.05) is 6.61 Å². The molecule has 0 saturated carbocycles. The minimum Gasteiger partial charge on any atom is -0.401 e. The predicted molar refractivity (Wildman–Crippen MR) is 78.1 cm³/mol. The topological polar surface area (TPSA) is 27.7 Å². The van der Waals surface area contributed by atoms with Crippen LogP contribution in [-0.4, -0.2) is 30.4 Å². The highest BCUT2D eigenvalue weighted by molar-refractivity contribution is 6.49. The lowest BCUT2D eigenvalue weighted by Crippen LogP contribution is -2.52. The molecule has 2 fully saturated rings. The highest BCUT2D eigenvalue weighted by Crippen LogP contribution is 2.44. The lowest BCUT2D eigenvalue weighted by Gasteiger charge is -2.38. The van der Waals surface area contributed by atoms with E-state index in [9.17, 15) is 0 Å². The SMILES string of the molecule is CCCC[C@@]1(B2OC(C)(C)C(C)(C)O2)CCCCO1. The van der Waals surface area contributed by atoms with Crippen LogP contribution in [0.4, 0.5) is 0 Å². The van der Waals surface area contributed by atoms with E-state index in [0.717, 1.165) is 25.9 Å². The molecular weight excluding hydrogens is 239 g/mol. The van der Waals surface area contributed by atoms with Crippen molar-refractivity contribution in [1.82, 2.24) is 0 Å². The summed E-state index contributed by atoms with van der Waals surface area (Å²) >= 11 is 0. The second kappa shape index (κ2) is 5.38. The Bertz CT molecular complexity index is 293. The fourth-order valence-electron chi connectivity index (χ4n) is 2.91. The summed E-state index contributed by atoms with van der Waals surface area (Å²) in [6, 6.07) is 0. The van der Waals surface area contributed by atoms with Crippen LogP contribution in [0.2, 0.25) is 0 Å². The number of unbranched alkanes of at least 4 members (excludes halogenated alkanes) is 1. The standard InChI is InChI=1S/C15H29BO3/c1-6-7-10-15(11-8-9-12-17-15)16-18-13(2,3)14(4,5)19-16/h6-12H2,1-5H3/t15-/m0/s1. The zero-order valence-electron chi connectivity index (χ0n) is 13.3. The first-order valence-electron chi connectivity index (χ1n) is 7.83. The summed E-state index contributed by atoms with van der Waals surface area (Å²) in [4.78, 5) is 0. The van der Waals surface area contributed by atoms with E-state index in [2.05, 4.69) is 34.6 Å². The molecule has 2 rings (SSSR count). The molecule has 0 bridgehead atoms. The van der Waals surface area contributed by atoms with Gasteiger partial charge in [0, 0.05) is 6.61 Å². The van der Waals surface area contributed by atoms with Crippen molar-refractivity contribution in [1.29, 1.82) is 0 Å².